The minimum Gasteiger partial charge on any atom is -0.380 e. The van der Waals surface area contributed by atoms with Gasteiger partial charge in [0.05, 0.1) is 6.04 Å². The fourth-order valence-electron chi connectivity index (χ4n) is 5.73. The van der Waals surface area contributed by atoms with Crippen molar-refractivity contribution >= 4 is 17.3 Å². The van der Waals surface area contributed by atoms with E-state index in [1.165, 1.54) is 30.5 Å². The summed E-state index contributed by atoms with van der Waals surface area (Å²) >= 11 is 0. The van der Waals surface area contributed by atoms with Crippen LogP contribution >= 0.6 is 0 Å². The number of aryl methyl sites for hydroxylation is 1. The molecule has 0 amide bonds. The molecule has 3 aliphatic rings. The van der Waals surface area contributed by atoms with E-state index in [0.29, 0.717) is 5.78 Å². The molecule has 1 N–H and O–H groups in total. The Morgan fingerprint density at radius 1 is 0.935 bits per heavy atom. The van der Waals surface area contributed by atoms with Crippen LogP contribution in [0.3, 0.4) is 0 Å². The Labute approximate surface area is 185 Å². The quantitative estimate of drug-likeness (QED) is 0.791. The largest absolute Gasteiger partial charge is 0.380 e. The summed E-state index contributed by atoms with van der Waals surface area (Å²) in [5, 5.41) is 3.77. The molecule has 3 heterocycles. The number of anilines is 2. The van der Waals surface area contributed by atoms with Gasteiger partial charge >= 0.3 is 0 Å². The van der Waals surface area contributed by atoms with Gasteiger partial charge in [0, 0.05) is 50.0 Å². The highest BCUT2D eigenvalue weighted by Crippen LogP contribution is 2.32. The molecule has 2 fully saturated rings. The zero-order valence-electron chi connectivity index (χ0n) is 18.4. The standard InChI is InChI=1S/C26H34N4O/c31-26(21-9-2-1-3-10-21)25(23-14-13-20-8-4-5-11-22(20)28-23)30-18-16-29(17-19-30)24-12-6-7-15-27-24/h4-8,11-12,15,21,23,25,28H,1-3,9-10,13-14,16-19H2. The van der Waals surface area contributed by atoms with Crippen molar-refractivity contribution in [1.82, 2.24) is 9.88 Å². The van der Waals surface area contributed by atoms with E-state index >= 15 is 0 Å². The van der Waals surface area contributed by atoms with Crippen LogP contribution in [0.25, 0.3) is 0 Å². The lowest BCUT2D eigenvalue weighted by Gasteiger charge is -2.44. The van der Waals surface area contributed by atoms with Gasteiger partial charge in [0.15, 0.2) is 5.78 Å². The summed E-state index contributed by atoms with van der Waals surface area (Å²) < 4.78 is 0. The fraction of sp³-hybridized carbons (Fsp3) is 0.538. The van der Waals surface area contributed by atoms with Gasteiger partial charge in [0.25, 0.3) is 0 Å². The van der Waals surface area contributed by atoms with Crippen molar-refractivity contribution in [3.05, 3.63) is 54.2 Å². The second kappa shape index (κ2) is 9.39. The third-order valence-corrected chi connectivity index (χ3v) is 7.44. The molecule has 2 unspecified atom stereocenters. The molecule has 5 heteroatoms. The summed E-state index contributed by atoms with van der Waals surface area (Å²) in [6.45, 7) is 3.68. The van der Waals surface area contributed by atoms with Crippen molar-refractivity contribution < 1.29 is 4.79 Å². The van der Waals surface area contributed by atoms with Gasteiger partial charge in [-0.25, -0.2) is 4.98 Å². The second-order valence-electron chi connectivity index (χ2n) is 9.34. The molecule has 1 saturated heterocycles. The molecule has 2 aliphatic heterocycles. The van der Waals surface area contributed by atoms with Crippen LogP contribution in [-0.2, 0) is 11.2 Å². The average molecular weight is 419 g/mol. The summed E-state index contributed by atoms with van der Waals surface area (Å²) in [4.78, 5) is 23.2. The molecule has 1 aromatic heterocycles. The number of piperazine rings is 1. The predicted octanol–water partition coefficient (Wildman–Crippen LogP) is 4.15. The summed E-state index contributed by atoms with van der Waals surface area (Å²) in [7, 11) is 0. The molecule has 31 heavy (non-hydrogen) atoms. The van der Waals surface area contributed by atoms with Crippen molar-refractivity contribution in [3.8, 4) is 0 Å². The highest BCUT2D eigenvalue weighted by atomic mass is 16.1. The third kappa shape index (κ3) is 4.47. The highest BCUT2D eigenvalue weighted by Gasteiger charge is 2.40. The van der Waals surface area contributed by atoms with Crippen LogP contribution in [0.2, 0.25) is 0 Å². The van der Waals surface area contributed by atoms with E-state index in [9.17, 15) is 4.79 Å². The van der Waals surface area contributed by atoms with E-state index in [2.05, 4.69) is 50.4 Å². The Balaban J connectivity index is 1.34. The smallest absolute Gasteiger partial charge is 0.155 e. The minimum atomic E-state index is -0.0256. The first-order chi connectivity index (χ1) is 15.3. The van der Waals surface area contributed by atoms with Crippen molar-refractivity contribution in [3.63, 3.8) is 0 Å². The SMILES string of the molecule is O=C(C1CCCCC1)C(C1CCc2ccccc2N1)N1CCN(c2ccccn2)CC1. The third-order valence-electron chi connectivity index (χ3n) is 7.44. The molecule has 5 nitrogen and oxygen atoms in total. The van der Waals surface area contributed by atoms with Gasteiger partial charge in [-0.15, -0.1) is 0 Å². The molecule has 5 rings (SSSR count). The molecular formula is C26H34N4O. The number of aromatic nitrogens is 1. The van der Waals surface area contributed by atoms with Crippen LogP contribution in [0.4, 0.5) is 11.5 Å². The topological polar surface area (TPSA) is 48.5 Å². The van der Waals surface area contributed by atoms with Crippen LogP contribution in [0.1, 0.15) is 44.1 Å². The highest BCUT2D eigenvalue weighted by molar-refractivity contribution is 5.88. The molecule has 2 aromatic rings. The van der Waals surface area contributed by atoms with Crippen LogP contribution in [0, 0.1) is 5.92 Å². The van der Waals surface area contributed by atoms with Gasteiger partial charge in [0.2, 0.25) is 0 Å². The number of pyridine rings is 1. The average Bonchev–Trinajstić information content (AvgIpc) is 2.85. The van der Waals surface area contributed by atoms with Gasteiger partial charge in [-0.05, 0) is 49.4 Å². The molecule has 0 spiro atoms. The van der Waals surface area contributed by atoms with E-state index in [1.54, 1.807) is 0 Å². The Hall–Kier alpha value is -2.40. The number of nitrogens with one attached hydrogen (secondary N) is 1. The lowest BCUT2D eigenvalue weighted by atomic mass is 9.80. The normalized spacial score (nSPS) is 23.6. The molecule has 0 bridgehead atoms. The monoisotopic (exact) mass is 418 g/mol. The first-order valence-corrected chi connectivity index (χ1v) is 12.1. The Bertz CT molecular complexity index is 872. The van der Waals surface area contributed by atoms with E-state index in [4.69, 9.17) is 0 Å². The number of hydrogen-bond donors (Lipinski definition) is 1. The molecular weight excluding hydrogens is 384 g/mol. The van der Waals surface area contributed by atoms with E-state index in [-0.39, 0.29) is 18.0 Å². The summed E-state index contributed by atoms with van der Waals surface area (Å²) in [5.74, 6) is 1.77. The zero-order valence-corrected chi connectivity index (χ0v) is 18.4. The van der Waals surface area contributed by atoms with Gasteiger partial charge in [-0.3, -0.25) is 9.69 Å². The summed E-state index contributed by atoms with van der Waals surface area (Å²) in [6.07, 6.45) is 9.79. The van der Waals surface area contributed by atoms with Crippen LogP contribution in [0.15, 0.2) is 48.7 Å². The predicted molar refractivity (Wildman–Crippen MR) is 126 cm³/mol. The number of ketones is 1. The molecule has 0 radical (unpaired) electrons. The number of hydrogen-bond acceptors (Lipinski definition) is 5. The van der Waals surface area contributed by atoms with Gasteiger partial charge in [-0.2, -0.15) is 0 Å². The number of carbonyl (C=O) groups is 1. The maximum absolute atomic E-state index is 13.9. The number of benzene rings is 1. The fourth-order valence-corrected chi connectivity index (χ4v) is 5.73. The van der Waals surface area contributed by atoms with Crippen molar-refractivity contribution in [2.45, 2.75) is 57.0 Å². The van der Waals surface area contributed by atoms with E-state index in [1.807, 2.05) is 18.3 Å². The summed E-state index contributed by atoms with van der Waals surface area (Å²) in [5.41, 5.74) is 2.59. The minimum absolute atomic E-state index is 0.0256. The number of Topliss-reactive ketones (excluding diaryl/α,β-unsaturated/α-hetero) is 1. The van der Waals surface area contributed by atoms with E-state index in [0.717, 1.165) is 57.7 Å². The first-order valence-electron chi connectivity index (χ1n) is 12.1. The zero-order chi connectivity index (χ0) is 21.0. The van der Waals surface area contributed by atoms with Gasteiger partial charge in [-0.1, -0.05) is 43.5 Å². The number of carbonyl (C=O) groups excluding carboxylic acids is 1. The van der Waals surface area contributed by atoms with Gasteiger partial charge < -0.3 is 10.2 Å². The maximum Gasteiger partial charge on any atom is 0.155 e. The summed E-state index contributed by atoms with van der Waals surface area (Å²) in [6, 6.07) is 14.9. The van der Waals surface area contributed by atoms with Crippen molar-refractivity contribution in [1.29, 1.82) is 0 Å². The lowest BCUT2D eigenvalue weighted by Crippen LogP contribution is -2.60. The molecule has 2 atom stereocenters. The number of para-hydroxylation sites is 1. The maximum atomic E-state index is 13.9. The van der Waals surface area contributed by atoms with Gasteiger partial charge in [0.1, 0.15) is 5.82 Å². The number of fused-ring (bicyclic) bond motifs is 1. The Kier molecular flexibility index (Phi) is 6.21. The Morgan fingerprint density at radius 3 is 2.48 bits per heavy atom. The number of rotatable bonds is 5. The lowest BCUT2D eigenvalue weighted by molar-refractivity contribution is -0.130. The molecule has 1 saturated carbocycles. The van der Waals surface area contributed by atoms with Crippen molar-refractivity contribution in [2.75, 3.05) is 36.4 Å². The van der Waals surface area contributed by atoms with Crippen molar-refractivity contribution in [2.24, 2.45) is 5.92 Å². The first kappa shape index (κ1) is 20.5. The van der Waals surface area contributed by atoms with Crippen LogP contribution in [-0.4, -0.2) is 53.9 Å². The number of nitrogens with zero attached hydrogens (tertiary/aromatic N) is 3. The second-order valence-corrected chi connectivity index (χ2v) is 9.34. The van der Waals surface area contributed by atoms with E-state index < -0.39 is 0 Å². The molecule has 1 aliphatic carbocycles. The van der Waals surface area contributed by atoms with Crippen LogP contribution < -0.4 is 10.2 Å². The molecule has 1 aromatic carbocycles. The van der Waals surface area contributed by atoms with Crippen LogP contribution in [0.5, 0.6) is 0 Å². The molecule has 164 valence electrons. The Morgan fingerprint density at radius 2 is 1.71 bits per heavy atom.